The van der Waals surface area contributed by atoms with Gasteiger partial charge in [-0.05, 0) is 39.3 Å². The molecule has 158 valence electrons. The minimum Gasteiger partial charge on any atom is -0.357 e. The number of carbonyl (C=O) groups excluding carboxylic acids is 2. The van der Waals surface area contributed by atoms with E-state index in [0.717, 1.165) is 5.56 Å². The lowest BCUT2D eigenvalue weighted by atomic mass is 10.3. The minimum absolute atomic E-state index is 0. The molecule has 0 aliphatic rings. The molecule has 0 aliphatic carbocycles. The molecule has 0 radical (unpaired) electrons. The summed E-state index contributed by atoms with van der Waals surface area (Å²) in [5, 5.41) is 8.98. The summed E-state index contributed by atoms with van der Waals surface area (Å²) in [6, 6.07) is 3.68. The molecule has 0 aromatic carbocycles. The molecular formula is C19H33IN6O2. The highest BCUT2D eigenvalue weighted by molar-refractivity contribution is 14.0. The molecule has 1 aromatic heterocycles. The van der Waals surface area contributed by atoms with Crippen LogP contribution in [0.3, 0.4) is 0 Å². The Balaban J connectivity index is 0.00000729. The van der Waals surface area contributed by atoms with E-state index >= 15 is 0 Å². The molecular weight excluding hydrogens is 471 g/mol. The van der Waals surface area contributed by atoms with Gasteiger partial charge in [0.15, 0.2) is 5.96 Å². The van der Waals surface area contributed by atoms with Crippen LogP contribution in [0, 0.1) is 6.92 Å². The first-order valence-electron chi connectivity index (χ1n) is 9.52. The van der Waals surface area contributed by atoms with Crippen molar-refractivity contribution >= 4 is 47.6 Å². The third kappa shape index (κ3) is 10.4. The van der Waals surface area contributed by atoms with Crippen molar-refractivity contribution in [2.75, 3.05) is 38.0 Å². The molecule has 2 amide bonds. The summed E-state index contributed by atoms with van der Waals surface area (Å²) in [5.41, 5.74) is 1.04. The number of anilines is 1. The number of aliphatic imine (C=N–C) groups is 1. The third-order valence-electron chi connectivity index (χ3n) is 3.88. The van der Waals surface area contributed by atoms with Gasteiger partial charge in [-0.3, -0.25) is 14.6 Å². The van der Waals surface area contributed by atoms with Crippen LogP contribution < -0.4 is 16.0 Å². The van der Waals surface area contributed by atoms with E-state index in [4.69, 9.17) is 0 Å². The van der Waals surface area contributed by atoms with Gasteiger partial charge in [0.2, 0.25) is 11.8 Å². The van der Waals surface area contributed by atoms with Crippen molar-refractivity contribution in [2.45, 2.75) is 40.5 Å². The Morgan fingerprint density at radius 3 is 2.39 bits per heavy atom. The second kappa shape index (κ2) is 15.1. The van der Waals surface area contributed by atoms with Crippen LogP contribution in [0.25, 0.3) is 0 Å². The van der Waals surface area contributed by atoms with Crippen molar-refractivity contribution in [1.82, 2.24) is 20.5 Å². The van der Waals surface area contributed by atoms with E-state index in [2.05, 4.69) is 25.9 Å². The Morgan fingerprint density at radius 1 is 1.11 bits per heavy atom. The molecule has 3 N–H and O–H groups in total. The van der Waals surface area contributed by atoms with Gasteiger partial charge in [-0.1, -0.05) is 6.07 Å². The molecule has 0 atom stereocenters. The van der Waals surface area contributed by atoms with E-state index in [-0.39, 0.29) is 35.8 Å². The van der Waals surface area contributed by atoms with Gasteiger partial charge < -0.3 is 20.9 Å². The summed E-state index contributed by atoms with van der Waals surface area (Å²) in [6.45, 7) is 10.8. The van der Waals surface area contributed by atoms with Gasteiger partial charge in [-0.2, -0.15) is 0 Å². The van der Waals surface area contributed by atoms with Crippen molar-refractivity contribution in [3.8, 4) is 0 Å². The van der Waals surface area contributed by atoms with Crippen LogP contribution in [-0.2, 0) is 9.59 Å². The van der Waals surface area contributed by atoms with Crippen LogP contribution in [0.5, 0.6) is 0 Å². The van der Waals surface area contributed by atoms with E-state index in [1.165, 1.54) is 0 Å². The topological polar surface area (TPSA) is 98.7 Å². The molecule has 1 heterocycles. The Morgan fingerprint density at radius 2 is 1.82 bits per heavy atom. The Kier molecular flexibility index (Phi) is 14.0. The Labute approximate surface area is 185 Å². The highest BCUT2D eigenvalue weighted by Gasteiger charge is 2.09. The summed E-state index contributed by atoms with van der Waals surface area (Å²) in [4.78, 5) is 34.3. The predicted octanol–water partition coefficient (Wildman–Crippen LogP) is 2.15. The van der Waals surface area contributed by atoms with Crippen LogP contribution in [0.2, 0.25) is 0 Å². The van der Waals surface area contributed by atoms with Gasteiger partial charge in [0, 0.05) is 45.2 Å². The van der Waals surface area contributed by atoms with E-state index < -0.39 is 0 Å². The Bertz CT molecular complexity index is 617. The molecule has 0 aliphatic heterocycles. The maximum atomic E-state index is 12.0. The zero-order chi connectivity index (χ0) is 20.1. The molecule has 0 fully saturated rings. The van der Waals surface area contributed by atoms with Gasteiger partial charge >= 0.3 is 0 Å². The second-order valence-corrected chi connectivity index (χ2v) is 6.02. The fourth-order valence-corrected chi connectivity index (χ4v) is 2.38. The monoisotopic (exact) mass is 504 g/mol. The van der Waals surface area contributed by atoms with E-state index in [9.17, 15) is 9.59 Å². The lowest BCUT2D eigenvalue weighted by Crippen LogP contribution is -2.39. The first kappa shape index (κ1) is 26.1. The summed E-state index contributed by atoms with van der Waals surface area (Å²) >= 11 is 0. The molecule has 28 heavy (non-hydrogen) atoms. The maximum Gasteiger partial charge on any atom is 0.227 e. The summed E-state index contributed by atoms with van der Waals surface area (Å²) < 4.78 is 0. The zero-order valence-corrected chi connectivity index (χ0v) is 19.6. The first-order valence-corrected chi connectivity index (χ1v) is 9.52. The van der Waals surface area contributed by atoms with Crippen molar-refractivity contribution in [2.24, 2.45) is 4.99 Å². The molecule has 8 nitrogen and oxygen atoms in total. The zero-order valence-electron chi connectivity index (χ0n) is 17.2. The van der Waals surface area contributed by atoms with E-state index in [1.54, 1.807) is 17.2 Å². The van der Waals surface area contributed by atoms with Crippen molar-refractivity contribution in [3.63, 3.8) is 0 Å². The lowest BCUT2D eigenvalue weighted by Gasteiger charge is -2.18. The average Bonchev–Trinajstić information content (AvgIpc) is 2.64. The average molecular weight is 504 g/mol. The number of halogens is 1. The number of guanidine groups is 1. The van der Waals surface area contributed by atoms with Gasteiger partial charge in [0.05, 0.1) is 6.54 Å². The van der Waals surface area contributed by atoms with Gasteiger partial charge in [0.25, 0.3) is 0 Å². The number of aryl methyl sites for hydroxylation is 1. The van der Waals surface area contributed by atoms with Crippen LogP contribution in [0.4, 0.5) is 5.82 Å². The van der Waals surface area contributed by atoms with Crippen LogP contribution >= 0.6 is 24.0 Å². The highest BCUT2D eigenvalue weighted by atomic mass is 127. The predicted molar refractivity (Wildman–Crippen MR) is 124 cm³/mol. The normalized spacial score (nSPS) is 10.6. The second-order valence-electron chi connectivity index (χ2n) is 6.02. The number of nitrogens with one attached hydrogen (secondary N) is 3. The first-order chi connectivity index (χ1) is 13.0. The van der Waals surface area contributed by atoms with Crippen LogP contribution in [-0.4, -0.2) is 60.4 Å². The molecule has 0 spiro atoms. The number of hydrogen-bond donors (Lipinski definition) is 3. The fraction of sp³-hybridized carbons (Fsp3) is 0.579. The molecule has 0 saturated carbocycles. The van der Waals surface area contributed by atoms with Crippen molar-refractivity contribution in [1.29, 1.82) is 0 Å². The molecule has 1 rings (SSSR count). The minimum atomic E-state index is -0.119. The van der Waals surface area contributed by atoms with E-state index in [0.29, 0.717) is 57.3 Å². The standard InChI is InChI=1S/C19H32N6O2.HI/c1-5-20-19(22-13-11-18(27)25(6-2)7-3)21-12-10-17(26)24-16-9-8-15(4)14-23-16;/h8-9,14H,5-7,10-13H2,1-4H3,(H2,20,21,22)(H,23,24,26);1H. The lowest BCUT2D eigenvalue weighted by molar-refractivity contribution is -0.130. The summed E-state index contributed by atoms with van der Waals surface area (Å²) in [6.07, 6.45) is 2.37. The van der Waals surface area contributed by atoms with Gasteiger partial charge in [-0.25, -0.2) is 4.98 Å². The maximum absolute atomic E-state index is 12.0. The quantitative estimate of drug-likeness (QED) is 0.258. The van der Waals surface area contributed by atoms with E-state index in [1.807, 2.05) is 33.8 Å². The molecule has 0 saturated heterocycles. The molecule has 1 aromatic rings. The number of amides is 2. The number of hydrogen-bond acceptors (Lipinski definition) is 4. The van der Waals surface area contributed by atoms with Gasteiger partial charge in [-0.15, -0.1) is 24.0 Å². The SMILES string of the molecule is CCNC(=NCCC(=O)N(CC)CC)NCCC(=O)Nc1ccc(C)cn1.I. The van der Waals surface area contributed by atoms with Crippen LogP contribution in [0.15, 0.2) is 23.3 Å². The Hall–Kier alpha value is -1.91. The van der Waals surface area contributed by atoms with Crippen molar-refractivity contribution in [3.05, 3.63) is 23.9 Å². The van der Waals surface area contributed by atoms with Crippen LogP contribution in [0.1, 0.15) is 39.2 Å². The largest absolute Gasteiger partial charge is 0.357 e. The molecule has 0 unspecified atom stereocenters. The number of rotatable bonds is 10. The number of aromatic nitrogens is 1. The molecule has 9 heteroatoms. The smallest absolute Gasteiger partial charge is 0.227 e. The number of nitrogens with zero attached hydrogens (tertiary/aromatic N) is 3. The summed E-state index contributed by atoms with van der Waals surface area (Å²) in [7, 11) is 0. The number of carbonyl (C=O) groups is 2. The number of pyridine rings is 1. The van der Waals surface area contributed by atoms with Gasteiger partial charge in [0.1, 0.15) is 5.82 Å². The van der Waals surface area contributed by atoms with Crippen molar-refractivity contribution < 1.29 is 9.59 Å². The fourth-order valence-electron chi connectivity index (χ4n) is 2.38. The molecule has 0 bridgehead atoms. The third-order valence-corrected chi connectivity index (χ3v) is 3.88. The summed E-state index contributed by atoms with van der Waals surface area (Å²) in [5.74, 6) is 1.13. The highest BCUT2D eigenvalue weighted by Crippen LogP contribution is 2.03.